The predicted octanol–water partition coefficient (Wildman–Crippen LogP) is 2.68. The number of ether oxygens (including phenoxy) is 1. The summed E-state index contributed by atoms with van der Waals surface area (Å²) in [5.74, 6) is 1.29. The first-order valence-electron chi connectivity index (χ1n) is 7.65. The fraction of sp³-hybridized carbons (Fsp3) is 0.562. The Morgan fingerprint density at radius 1 is 1.48 bits per heavy atom. The number of aromatic nitrogens is 2. The number of halogens is 1. The van der Waals surface area contributed by atoms with Gasteiger partial charge in [-0.25, -0.2) is 9.37 Å². The smallest absolute Gasteiger partial charge is 0.125 e. The maximum atomic E-state index is 13.6. The number of hydrogen-bond acceptors (Lipinski definition) is 3. The second-order valence-electron chi connectivity index (χ2n) is 5.64. The van der Waals surface area contributed by atoms with Gasteiger partial charge >= 0.3 is 0 Å². The van der Waals surface area contributed by atoms with Crippen LogP contribution in [-0.2, 0) is 11.3 Å². The molecule has 1 aromatic heterocycles. The van der Waals surface area contributed by atoms with Gasteiger partial charge in [0, 0.05) is 32.7 Å². The first-order chi connectivity index (χ1) is 10.3. The quantitative estimate of drug-likeness (QED) is 0.861. The van der Waals surface area contributed by atoms with Crippen molar-refractivity contribution in [2.24, 2.45) is 0 Å². The molecule has 0 amide bonds. The van der Waals surface area contributed by atoms with E-state index in [1.165, 1.54) is 12.5 Å². The van der Waals surface area contributed by atoms with E-state index in [0.717, 1.165) is 49.3 Å². The van der Waals surface area contributed by atoms with Gasteiger partial charge in [0.15, 0.2) is 0 Å². The van der Waals surface area contributed by atoms with E-state index in [1.54, 1.807) is 19.2 Å². The molecule has 0 aliphatic carbocycles. The van der Waals surface area contributed by atoms with E-state index in [1.807, 2.05) is 0 Å². The minimum absolute atomic E-state index is 0.205. The number of aryl methyl sites for hydroxylation is 1. The molecule has 1 saturated heterocycles. The summed E-state index contributed by atoms with van der Waals surface area (Å²) < 4.78 is 20.9. The highest BCUT2D eigenvalue weighted by Crippen LogP contribution is 2.27. The lowest BCUT2D eigenvalue weighted by molar-refractivity contribution is 0.190. The lowest BCUT2D eigenvalue weighted by Crippen LogP contribution is -2.30. The second kappa shape index (κ2) is 6.54. The van der Waals surface area contributed by atoms with Crippen LogP contribution in [0.25, 0.3) is 11.0 Å². The molecule has 2 aromatic rings. The molecule has 0 bridgehead atoms. The van der Waals surface area contributed by atoms with E-state index in [2.05, 4.69) is 9.88 Å². The lowest BCUT2D eigenvalue weighted by atomic mass is 9.99. The zero-order valence-corrected chi connectivity index (χ0v) is 12.4. The Morgan fingerprint density at radius 2 is 2.38 bits per heavy atom. The molecule has 3 rings (SSSR count). The van der Waals surface area contributed by atoms with E-state index in [0.29, 0.717) is 12.5 Å². The molecule has 21 heavy (non-hydrogen) atoms. The van der Waals surface area contributed by atoms with Gasteiger partial charge in [-0.1, -0.05) is 0 Å². The summed E-state index contributed by atoms with van der Waals surface area (Å²) >= 11 is 0. The minimum Gasteiger partial charge on any atom is -0.385 e. The molecule has 0 spiro atoms. The number of rotatable bonds is 5. The van der Waals surface area contributed by atoms with Crippen LogP contribution in [0.15, 0.2) is 18.2 Å². The number of nitrogens with one attached hydrogen (secondary N) is 1. The highest BCUT2D eigenvalue weighted by Gasteiger charge is 2.22. The number of nitrogens with zero attached hydrogens (tertiary/aromatic N) is 2. The summed E-state index contributed by atoms with van der Waals surface area (Å²) in [7, 11) is 1.71. The van der Waals surface area contributed by atoms with Gasteiger partial charge in [-0.2, -0.15) is 0 Å². The molecule has 1 aliphatic rings. The van der Waals surface area contributed by atoms with Crippen LogP contribution in [0.3, 0.4) is 0 Å². The molecular weight excluding hydrogens is 269 g/mol. The normalized spacial score (nSPS) is 19.2. The van der Waals surface area contributed by atoms with Gasteiger partial charge in [0.2, 0.25) is 0 Å². The van der Waals surface area contributed by atoms with Crippen molar-refractivity contribution in [1.29, 1.82) is 0 Å². The Bertz CT molecular complexity index is 605. The first kappa shape index (κ1) is 14.5. The maximum Gasteiger partial charge on any atom is 0.125 e. The fourth-order valence-corrected chi connectivity index (χ4v) is 3.10. The van der Waals surface area contributed by atoms with Crippen molar-refractivity contribution in [2.75, 3.05) is 26.8 Å². The average Bonchev–Trinajstić information content (AvgIpc) is 2.87. The van der Waals surface area contributed by atoms with Gasteiger partial charge in [-0.05, 0) is 44.0 Å². The third kappa shape index (κ3) is 3.09. The molecule has 1 aliphatic heterocycles. The molecule has 2 heterocycles. The van der Waals surface area contributed by atoms with Crippen LogP contribution in [0.1, 0.15) is 31.0 Å². The fourth-order valence-electron chi connectivity index (χ4n) is 3.10. The molecular formula is C16H22FN3O. The van der Waals surface area contributed by atoms with Crippen molar-refractivity contribution in [3.8, 4) is 0 Å². The molecule has 0 saturated carbocycles. The molecule has 1 fully saturated rings. The topological polar surface area (TPSA) is 39.1 Å². The van der Waals surface area contributed by atoms with Crippen LogP contribution < -0.4 is 5.32 Å². The third-order valence-corrected chi connectivity index (χ3v) is 4.13. The number of piperidine rings is 1. The van der Waals surface area contributed by atoms with Crippen LogP contribution in [0.5, 0.6) is 0 Å². The van der Waals surface area contributed by atoms with Gasteiger partial charge in [-0.15, -0.1) is 0 Å². The van der Waals surface area contributed by atoms with Crippen molar-refractivity contribution in [3.05, 3.63) is 29.8 Å². The average molecular weight is 291 g/mol. The van der Waals surface area contributed by atoms with Gasteiger partial charge in [0.25, 0.3) is 0 Å². The Kier molecular flexibility index (Phi) is 4.51. The van der Waals surface area contributed by atoms with E-state index < -0.39 is 0 Å². The first-order valence-corrected chi connectivity index (χ1v) is 7.65. The number of imidazole rings is 1. The van der Waals surface area contributed by atoms with Crippen LogP contribution in [0.2, 0.25) is 0 Å². The summed E-state index contributed by atoms with van der Waals surface area (Å²) in [6.45, 7) is 3.56. The van der Waals surface area contributed by atoms with Crippen molar-refractivity contribution < 1.29 is 9.13 Å². The van der Waals surface area contributed by atoms with Gasteiger partial charge in [0.05, 0.1) is 11.0 Å². The van der Waals surface area contributed by atoms with Gasteiger partial charge in [0.1, 0.15) is 11.6 Å². The second-order valence-corrected chi connectivity index (χ2v) is 5.64. The maximum absolute atomic E-state index is 13.6. The number of fused-ring (bicyclic) bond motifs is 1. The SMILES string of the molecule is COCCCn1c([C@@H]2CCCNC2)nc2ccc(F)cc21. The van der Waals surface area contributed by atoms with Crippen molar-refractivity contribution in [3.63, 3.8) is 0 Å². The van der Waals surface area contributed by atoms with Crippen molar-refractivity contribution >= 4 is 11.0 Å². The zero-order chi connectivity index (χ0) is 14.7. The number of benzene rings is 1. The summed E-state index contributed by atoms with van der Waals surface area (Å²) in [5, 5.41) is 3.43. The standard InChI is InChI=1S/C16H22FN3O/c1-21-9-3-8-20-15-10-13(17)5-6-14(15)19-16(20)12-4-2-7-18-11-12/h5-6,10,12,18H,2-4,7-9,11H2,1H3/t12-/m1/s1. The Hall–Kier alpha value is -1.46. The van der Waals surface area contributed by atoms with Crippen LogP contribution in [0, 0.1) is 5.82 Å². The van der Waals surface area contributed by atoms with Crippen molar-refractivity contribution in [1.82, 2.24) is 14.9 Å². The van der Waals surface area contributed by atoms with Crippen LogP contribution in [-0.4, -0.2) is 36.4 Å². The zero-order valence-electron chi connectivity index (χ0n) is 12.4. The molecule has 1 N–H and O–H groups in total. The largest absolute Gasteiger partial charge is 0.385 e. The predicted molar refractivity (Wildman–Crippen MR) is 81.0 cm³/mol. The summed E-state index contributed by atoms with van der Waals surface area (Å²) in [6.07, 6.45) is 3.22. The van der Waals surface area contributed by atoms with Crippen LogP contribution >= 0.6 is 0 Å². The lowest BCUT2D eigenvalue weighted by Gasteiger charge is -2.23. The molecule has 114 valence electrons. The molecule has 4 nitrogen and oxygen atoms in total. The molecule has 1 atom stereocenters. The van der Waals surface area contributed by atoms with E-state index in [4.69, 9.17) is 9.72 Å². The van der Waals surface area contributed by atoms with Crippen molar-refractivity contribution in [2.45, 2.75) is 31.7 Å². The summed E-state index contributed by atoms with van der Waals surface area (Å²) in [6, 6.07) is 4.85. The summed E-state index contributed by atoms with van der Waals surface area (Å²) in [5.41, 5.74) is 1.78. The number of hydrogen-bond donors (Lipinski definition) is 1. The van der Waals surface area contributed by atoms with E-state index in [9.17, 15) is 4.39 Å². The van der Waals surface area contributed by atoms with Gasteiger partial charge < -0.3 is 14.6 Å². The highest BCUT2D eigenvalue weighted by atomic mass is 19.1. The molecule has 1 aromatic carbocycles. The molecule has 0 unspecified atom stereocenters. The molecule has 5 heteroatoms. The Morgan fingerprint density at radius 3 is 3.14 bits per heavy atom. The minimum atomic E-state index is -0.205. The van der Waals surface area contributed by atoms with Crippen LogP contribution in [0.4, 0.5) is 4.39 Å². The van der Waals surface area contributed by atoms with E-state index in [-0.39, 0.29) is 5.82 Å². The Balaban J connectivity index is 1.97. The monoisotopic (exact) mass is 291 g/mol. The third-order valence-electron chi connectivity index (χ3n) is 4.13. The molecule has 0 radical (unpaired) electrons. The number of methoxy groups -OCH3 is 1. The summed E-state index contributed by atoms with van der Waals surface area (Å²) in [4.78, 5) is 4.77. The van der Waals surface area contributed by atoms with E-state index >= 15 is 0 Å². The Labute approximate surface area is 124 Å². The van der Waals surface area contributed by atoms with Gasteiger partial charge in [-0.3, -0.25) is 0 Å². The highest BCUT2D eigenvalue weighted by molar-refractivity contribution is 5.76.